The SMILES string of the molecule is Cc1cnn(CCn2c(CCl)nc3cc(Br)ccc32)c1. The van der Waals surface area contributed by atoms with Crippen molar-refractivity contribution in [2.24, 2.45) is 0 Å². The van der Waals surface area contributed by atoms with E-state index in [-0.39, 0.29) is 0 Å². The van der Waals surface area contributed by atoms with Crippen LogP contribution in [0.4, 0.5) is 0 Å². The van der Waals surface area contributed by atoms with Crippen LogP contribution in [0.2, 0.25) is 0 Å². The number of halogens is 2. The molecule has 4 nitrogen and oxygen atoms in total. The van der Waals surface area contributed by atoms with Gasteiger partial charge in [-0.25, -0.2) is 4.98 Å². The maximum absolute atomic E-state index is 6.01. The number of hydrogen-bond donors (Lipinski definition) is 0. The van der Waals surface area contributed by atoms with E-state index in [1.54, 1.807) is 0 Å². The Labute approximate surface area is 130 Å². The van der Waals surface area contributed by atoms with Crippen LogP contribution in [-0.2, 0) is 19.0 Å². The standard InChI is InChI=1S/C14H14BrClN4/c1-10-8-17-19(9-10)4-5-20-13-3-2-11(15)6-12(13)18-14(20)7-16/h2-3,6,8-9H,4-5,7H2,1H3. The molecule has 2 aromatic heterocycles. The molecule has 0 aliphatic rings. The number of imidazole rings is 1. The maximum atomic E-state index is 6.01. The van der Waals surface area contributed by atoms with Gasteiger partial charge in [-0.3, -0.25) is 4.68 Å². The van der Waals surface area contributed by atoms with Gasteiger partial charge in [0.25, 0.3) is 0 Å². The minimum atomic E-state index is 0.407. The summed E-state index contributed by atoms with van der Waals surface area (Å²) in [5.74, 6) is 1.30. The molecule has 0 spiro atoms. The first-order valence-electron chi connectivity index (χ1n) is 6.37. The highest BCUT2D eigenvalue weighted by molar-refractivity contribution is 9.10. The summed E-state index contributed by atoms with van der Waals surface area (Å²) in [5.41, 5.74) is 3.24. The first kappa shape index (κ1) is 13.6. The second kappa shape index (κ2) is 5.58. The molecule has 0 amide bonds. The second-order valence-electron chi connectivity index (χ2n) is 4.73. The zero-order valence-electron chi connectivity index (χ0n) is 11.1. The quantitative estimate of drug-likeness (QED) is 0.670. The Balaban J connectivity index is 1.93. The Morgan fingerprint density at radius 1 is 1.30 bits per heavy atom. The predicted octanol–water partition coefficient (Wildman–Crippen LogP) is 3.74. The van der Waals surface area contributed by atoms with E-state index in [0.29, 0.717) is 5.88 Å². The zero-order valence-corrected chi connectivity index (χ0v) is 13.4. The van der Waals surface area contributed by atoms with Gasteiger partial charge in [-0.05, 0) is 30.7 Å². The Bertz CT molecular complexity index is 747. The summed E-state index contributed by atoms with van der Waals surface area (Å²) < 4.78 is 5.13. The number of fused-ring (bicyclic) bond motifs is 1. The van der Waals surface area contributed by atoms with Gasteiger partial charge in [0.2, 0.25) is 0 Å². The molecule has 0 aliphatic heterocycles. The van der Waals surface area contributed by atoms with Crippen LogP contribution in [0.1, 0.15) is 11.4 Å². The third kappa shape index (κ3) is 2.60. The van der Waals surface area contributed by atoms with Gasteiger partial charge in [-0.15, -0.1) is 11.6 Å². The van der Waals surface area contributed by atoms with Gasteiger partial charge in [0.15, 0.2) is 0 Å². The Morgan fingerprint density at radius 3 is 2.85 bits per heavy atom. The number of hydrogen-bond acceptors (Lipinski definition) is 2. The highest BCUT2D eigenvalue weighted by atomic mass is 79.9. The van der Waals surface area contributed by atoms with E-state index in [1.807, 2.05) is 36.1 Å². The fourth-order valence-electron chi connectivity index (χ4n) is 2.30. The third-order valence-electron chi connectivity index (χ3n) is 3.22. The first-order valence-corrected chi connectivity index (χ1v) is 7.70. The van der Waals surface area contributed by atoms with E-state index in [4.69, 9.17) is 11.6 Å². The second-order valence-corrected chi connectivity index (χ2v) is 5.91. The largest absolute Gasteiger partial charge is 0.325 e. The van der Waals surface area contributed by atoms with Crippen LogP contribution in [0, 0.1) is 6.92 Å². The van der Waals surface area contributed by atoms with E-state index < -0.39 is 0 Å². The van der Waals surface area contributed by atoms with Crippen LogP contribution in [0.25, 0.3) is 11.0 Å². The van der Waals surface area contributed by atoms with Crippen molar-refractivity contribution >= 4 is 38.6 Å². The molecule has 1 aromatic carbocycles. The van der Waals surface area contributed by atoms with E-state index in [0.717, 1.165) is 34.4 Å². The third-order valence-corrected chi connectivity index (χ3v) is 3.96. The number of aromatic nitrogens is 4. The highest BCUT2D eigenvalue weighted by Gasteiger charge is 2.10. The van der Waals surface area contributed by atoms with Gasteiger partial charge in [-0.1, -0.05) is 15.9 Å². The summed E-state index contributed by atoms with van der Waals surface area (Å²) in [6, 6.07) is 6.10. The molecule has 104 valence electrons. The van der Waals surface area contributed by atoms with Gasteiger partial charge in [0.1, 0.15) is 5.82 Å². The average molecular weight is 354 g/mol. The molecule has 0 aliphatic carbocycles. The molecule has 0 saturated heterocycles. The fourth-order valence-corrected chi connectivity index (χ4v) is 2.85. The summed E-state index contributed by atoms with van der Waals surface area (Å²) in [4.78, 5) is 4.58. The monoisotopic (exact) mass is 352 g/mol. The van der Waals surface area contributed by atoms with Crippen molar-refractivity contribution in [1.29, 1.82) is 0 Å². The molecule has 6 heteroatoms. The van der Waals surface area contributed by atoms with Crippen LogP contribution < -0.4 is 0 Å². The highest BCUT2D eigenvalue weighted by Crippen LogP contribution is 2.22. The molecule has 0 unspecified atom stereocenters. The lowest BCUT2D eigenvalue weighted by atomic mass is 10.3. The van der Waals surface area contributed by atoms with Crippen molar-refractivity contribution in [3.8, 4) is 0 Å². The van der Waals surface area contributed by atoms with E-state index in [1.165, 1.54) is 5.56 Å². The van der Waals surface area contributed by atoms with Crippen molar-refractivity contribution in [1.82, 2.24) is 19.3 Å². The lowest BCUT2D eigenvalue weighted by Crippen LogP contribution is -2.10. The molecule has 0 atom stereocenters. The first-order chi connectivity index (χ1) is 9.67. The van der Waals surface area contributed by atoms with Crippen molar-refractivity contribution in [2.45, 2.75) is 25.9 Å². The molecule has 20 heavy (non-hydrogen) atoms. The Morgan fingerprint density at radius 2 is 2.15 bits per heavy atom. The predicted molar refractivity (Wildman–Crippen MR) is 84.0 cm³/mol. The molecule has 0 radical (unpaired) electrons. The number of alkyl halides is 1. The topological polar surface area (TPSA) is 35.6 Å². The van der Waals surface area contributed by atoms with Crippen molar-refractivity contribution in [2.75, 3.05) is 0 Å². The van der Waals surface area contributed by atoms with Crippen LogP contribution in [0.5, 0.6) is 0 Å². The fraction of sp³-hybridized carbons (Fsp3) is 0.286. The molecule has 0 N–H and O–H groups in total. The van der Waals surface area contributed by atoms with Gasteiger partial charge in [0.05, 0.1) is 29.7 Å². The molecule has 2 heterocycles. The van der Waals surface area contributed by atoms with Gasteiger partial charge < -0.3 is 4.57 Å². The number of aryl methyl sites for hydroxylation is 3. The van der Waals surface area contributed by atoms with E-state index in [9.17, 15) is 0 Å². The molecule has 0 saturated carbocycles. The number of nitrogens with zero attached hydrogens (tertiary/aromatic N) is 4. The summed E-state index contributed by atoms with van der Waals surface area (Å²) in [6.45, 7) is 3.65. The average Bonchev–Trinajstić information content (AvgIpc) is 2.99. The Kier molecular flexibility index (Phi) is 3.81. The molecule has 0 bridgehead atoms. The van der Waals surface area contributed by atoms with Crippen molar-refractivity contribution < 1.29 is 0 Å². The molecule has 0 fully saturated rings. The molecule has 3 aromatic rings. The number of rotatable bonds is 4. The normalized spacial score (nSPS) is 11.3. The zero-order chi connectivity index (χ0) is 14.1. The molecule has 3 rings (SSSR count). The Hall–Kier alpha value is -1.33. The van der Waals surface area contributed by atoms with E-state index in [2.05, 4.69) is 36.6 Å². The van der Waals surface area contributed by atoms with Crippen LogP contribution in [-0.4, -0.2) is 19.3 Å². The minimum Gasteiger partial charge on any atom is -0.325 e. The number of benzene rings is 1. The maximum Gasteiger partial charge on any atom is 0.124 e. The van der Waals surface area contributed by atoms with Crippen LogP contribution in [0.15, 0.2) is 35.1 Å². The minimum absolute atomic E-state index is 0.407. The summed E-state index contributed by atoms with van der Waals surface area (Å²) in [6.07, 6.45) is 3.90. The smallest absolute Gasteiger partial charge is 0.124 e. The molecular weight excluding hydrogens is 340 g/mol. The van der Waals surface area contributed by atoms with Crippen LogP contribution >= 0.6 is 27.5 Å². The van der Waals surface area contributed by atoms with Gasteiger partial charge in [0, 0.05) is 17.2 Å². The summed E-state index contributed by atoms with van der Waals surface area (Å²) >= 11 is 9.48. The molecular formula is C14H14BrClN4. The van der Waals surface area contributed by atoms with Crippen molar-refractivity contribution in [3.05, 3.63) is 46.5 Å². The van der Waals surface area contributed by atoms with Crippen molar-refractivity contribution in [3.63, 3.8) is 0 Å². The lowest BCUT2D eigenvalue weighted by Gasteiger charge is -2.08. The lowest BCUT2D eigenvalue weighted by molar-refractivity contribution is 0.532. The summed E-state index contributed by atoms with van der Waals surface area (Å²) in [5, 5.41) is 4.31. The van der Waals surface area contributed by atoms with Gasteiger partial charge >= 0.3 is 0 Å². The van der Waals surface area contributed by atoms with E-state index >= 15 is 0 Å². The van der Waals surface area contributed by atoms with Crippen LogP contribution in [0.3, 0.4) is 0 Å². The van der Waals surface area contributed by atoms with Gasteiger partial charge in [-0.2, -0.15) is 5.10 Å². The summed E-state index contributed by atoms with van der Waals surface area (Å²) in [7, 11) is 0.